The van der Waals surface area contributed by atoms with Crippen molar-refractivity contribution in [3.63, 3.8) is 0 Å². The molecule has 2 aromatic carbocycles. The second-order valence-electron chi connectivity index (χ2n) is 8.01. The van der Waals surface area contributed by atoms with Crippen LogP contribution < -0.4 is 5.32 Å². The van der Waals surface area contributed by atoms with E-state index < -0.39 is 10.0 Å². The minimum atomic E-state index is -3.59. The molecule has 1 N–H and O–H groups in total. The third-order valence-electron chi connectivity index (χ3n) is 5.44. The normalized spacial score (nSPS) is 16.1. The van der Waals surface area contributed by atoms with E-state index in [4.69, 9.17) is 16.0 Å². The summed E-state index contributed by atoms with van der Waals surface area (Å²) in [5.74, 6) is 0.471. The largest absolute Gasteiger partial charge is 0.440 e. The number of aromatic nitrogens is 1. The Morgan fingerprint density at radius 3 is 2.48 bits per heavy atom. The minimum Gasteiger partial charge on any atom is -0.440 e. The van der Waals surface area contributed by atoms with Crippen LogP contribution in [0, 0.1) is 5.92 Å². The van der Waals surface area contributed by atoms with Gasteiger partial charge in [-0.1, -0.05) is 25.4 Å². The number of benzene rings is 2. The molecule has 0 bridgehead atoms. The van der Waals surface area contributed by atoms with Crippen molar-refractivity contribution in [1.29, 1.82) is 0 Å². The lowest BCUT2D eigenvalue weighted by atomic mass is 9.97. The van der Waals surface area contributed by atoms with E-state index in [1.165, 1.54) is 16.4 Å². The molecule has 0 radical (unpaired) electrons. The van der Waals surface area contributed by atoms with Gasteiger partial charge in [0.2, 0.25) is 15.9 Å². The SMILES string of the molecule is CC(C)c1nc2cc(NC(=O)C3CCN(S(=O)(=O)c4ccc(Cl)cc4)CC3)ccc2o1. The summed E-state index contributed by atoms with van der Waals surface area (Å²) in [7, 11) is -3.59. The van der Waals surface area contributed by atoms with Crippen molar-refractivity contribution in [1.82, 2.24) is 9.29 Å². The first-order valence-corrected chi connectivity index (χ1v) is 12.0. The van der Waals surface area contributed by atoms with E-state index in [9.17, 15) is 13.2 Å². The first-order chi connectivity index (χ1) is 14.7. The van der Waals surface area contributed by atoms with E-state index >= 15 is 0 Å². The van der Waals surface area contributed by atoms with Gasteiger partial charge in [-0.2, -0.15) is 4.31 Å². The van der Waals surface area contributed by atoms with E-state index in [-0.39, 0.29) is 22.6 Å². The van der Waals surface area contributed by atoms with Crippen LogP contribution >= 0.6 is 11.6 Å². The number of rotatable bonds is 5. The number of amides is 1. The van der Waals surface area contributed by atoms with Crippen LogP contribution in [0.1, 0.15) is 38.5 Å². The second kappa shape index (κ2) is 8.61. The predicted octanol–water partition coefficient (Wildman–Crippen LogP) is 4.64. The number of nitrogens with zero attached hydrogens (tertiary/aromatic N) is 2. The number of hydrogen-bond acceptors (Lipinski definition) is 5. The molecule has 1 aliphatic rings. The van der Waals surface area contributed by atoms with Gasteiger partial charge in [-0.15, -0.1) is 0 Å². The van der Waals surface area contributed by atoms with Crippen molar-refractivity contribution in [2.45, 2.75) is 37.5 Å². The van der Waals surface area contributed by atoms with Gasteiger partial charge in [0.15, 0.2) is 11.5 Å². The van der Waals surface area contributed by atoms with Crippen LogP contribution in [-0.2, 0) is 14.8 Å². The number of carbonyl (C=O) groups is 1. The van der Waals surface area contributed by atoms with E-state index in [1.807, 2.05) is 13.8 Å². The topological polar surface area (TPSA) is 92.5 Å². The molecule has 0 atom stereocenters. The first-order valence-electron chi connectivity index (χ1n) is 10.2. The summed E-state index contributed by atoms with van der Waals surface area (Å²) < 4.78 is 32.7. The Balaban J connectivity index is 1.39. The quantitative estimate of drug-likeness (QED) is 0.597. The molecule has 9 heteroatoms. The third kappa shape index (κ3) is 4.61. The van der Waals surface area contributed by atoms with Crippen LogP contribution in [0.3, 0.4) is 0 Å². The Morgan fingerprint density at radius 1 is 1.16 bits per heavy atom. The van der Waals surface area contributed by atoms with Crippen LogP contribution in [0.15, 0.2) is 51.8 Å². The molecule has 7 nitrogen and oxygen atoms in total. The molecular weight excluding hydrogens is 438 g/mol. The summed E-state index contributed by atoms with van der Waals surface area (Å²) in [6.07, 6.45) is 0.921. The van der Waals surface area contributed by atoms with Crippen molar-refractivity contribution in [2.24, 2.45) is 5.92 Å². The molecule has 0 unspecified atom stereocenters. The smallest absolute Gasteiger partial charge is 0.243 e. The fraction of sp³-hybridized carbons (Fsp3) is 0.364. The van der Waals surface area contributed by atoms with Gasteiger partial charge in [-0.25, -0.2) is 13.4 Å². The van der Waals surface area contributed by atoms with Gasteiger partial charge < -0.3 is 9.73 Å². The van der Waals surface area contributed by atoms with Crippen LogP contribution in [0.5, 0.6) is 0 Å². The van der Waals surface area contributed by atoms with Crippen LogP contribution in [0.25, 0.3) is 11.1 Å². The summed E-state index contributed by atoms with van der Waals surface area (Å²) >= 11 is 5.85. The van der Waals surface area contributed by atoms with Crippen molar-refractivity contribution < 1.29 is 17.6 Å². The lowest BCUT2D eigenvalue weighted by Crippen LogP contribution is -2.41. The van der Waals surface area contributed by atoms with Gasteiger partial charge in [-0.3, -0.25) is 4.79 Å². The van der Waals surface area contributed by atoms with Crippen LogP contribution in [-0.4, -0.2) is 36.7 Å². The average molecular weight is 462 g/mol. The Labute approximate surface area is 186 Å². The Morgan fingerprint density at radius 2 is 1.84 bits per heavy atom. The summed E-state index contributed by atoms with van der Waals surface area (Å²) in [6, 6.07) is 11.5. The van der Waals surface area contributed by atoms with Gasteiger partial charge in [0.05, 0.1) is 4.90 Å². The Bertz CT molecular complexity index is 1200. The summed E-state index contributed by atoms with van der Waals surface area (Å²) in [6.45, 7) is 4.60. The maximum absolute atomic E-state index is 12.8. The molecule has 1 fully saturated rings. The van der Waals surface area contributed by atoms with Crippen LogP contribution in [0.2, 0.25) is 5.02 Å². The maximum Gasteiger partial charge on any atom is 0.243 e. The summed E-state index contributed by atoms with van der Waals surface area (Å²) in [5, 5.41) is 3.42. The molecule has 4 rings (SSSR count). The molecular formula is C22H24ClN3O4S. The Hall–Kier alpha value is -2.42. The number of piperidine rings is 1. The van der Waals surface area contributed by atoms with Crippen molar-refractivity contribution in [3.8, 4) is 0 Å². The van der Waals surface area contributed by atoms with Gasteiger partial charge in [-0.05, 0) is 55.3 Å². The predicted molar refractivity (Wildman–Crippen MR) is 120 cm³/mol. The number of nitrogens with one attached hydrogen (secondary N) is 1. The minimum absolute atomic E-state index is 0.115. The molecule has 1 aliphatic heterocycles. The summed E-state index contributed by atoms with van der Waals surface area (Å²) in [4.78, 5) is 17.4. The number of sulfonamides is 1. The van der Waals surface area contributed by atoms with Gasteiger partial charge >= 0.3 is 0 Å². The molecule has 164 valence electrons. The monoisotopic (exact) mass is 461 g/mol. The van der Waals surface area contributed by atoms with Crippen LogP contribution in [0.4, 0.5) is 5.69 Å². The number of carbonyl (C=O) groups excluding carboxylic acids is 1. The molecule has 0 spiro atoms. The lowest BCUT2D eigenvalue weighted by Gasteiger charge is -2.30. The zero-order chi connectivity index (χ0) is 22.2. The third-order valence-corrected chi connectivity index (χ3v) is 7.61. The number of fused-ring (bicyclic) bond motifs is 1. The van der Waals surface area contributed by atoms with E-state index in [0.717, 1.165) is 0 Å². The number of halogens is 1. The number of hydrogen-bond donors (Lipinski definition) is 1. The Kier molecular flexibility index (Phi) is 6.05. The fourth-order valence-electron chi connectivity index (χ4n) is 3.63. The zero-order valence-corrected chi connectivity index (χ0v) is 18.9. The van der Waals surface area contributed by atoms with Gasteiger partial charge in [0, 0.05) is 35.6 Å². The highest BCUT2D eigenvalue weighted by Gasteiger charge is 2.32. The molecule has 1 aromatic heterocycles. The molecule has 0 saturated carbocycles. The van der Waals surface area contributed by atoms with Crippen molar-refractivity contribution in [2.75, 3.05) is 18.4 Å². The average Bonchev–Trinajstić information content (AvgIpc) is 3.18. The molecule has 3 aromatic rings. The van der Waals surface area contributed by atoms with Crippen molar-refractivity contribution >= 4 is 44.3 Å². The fourth-order valence-corrected chi connectivity index (χ4v) is 5.22. The van der Waals surface area contributed by atoms with E-state index in [0.29, 0.717) is 53.6 Å². The molecule has 31 heavy (non-hydrogen) atoms. The van der Waals surface area contributed by atoms with Gasteiger partial charge in [0.25, 0.3) is 0 Å². The standard InChI is InChI=1S/C22H24ClN3O4S/c1-14(2)22-25-19-13-17(5-8-20(19)30-22)24-21(27)15-9-11-26(12-10-15)31(28,29)18-6-3-16(23)4-7-18/h3-8,13-15H,9-12H2,1-2H3,(H,24,27). The summed E-state index contributed by atoms with van der Waals surface area (Å²) in [5.41, 5.74) is 2.03. The zero-order valence-electron chi connectivity index (χ0n) is 17.3. The van der Waals surface area contributed by atoms with E-state index in [2.05, 4.69) is 10.3 Å². The number of anilines is 1. The van der Waals surface area contributed by atoms with Gasteiger partial charge in [0.1, 0.15) is 5.52 Å². The number of oxazole rings is 1. The highest BCUT2D eigenvalue weighted by Crippen LogP contribution is 2.27. The highest BCUT2D eigenvalue weighted by atomic mass is 35.5. The first kappa shape index (κ1) is 21.8. The second-order valence-corrected chi connectivity index (χ2v) is 10.4. The molecule has 1 amide bonds. The molecule has 2 heterocycles. The maximum atomic E-state index is 12.8. The van der Waals surface area contributed by atoms with Crippen molar-refractivity contribution in [3.05, 3.63) is 53.4 Å². The highest BCUT2D eigenvalue weighted by molar-refractivity contribution is 7.89. The van der Waals surface area contributed by atoms with E-state index in [1.54, 1.807) is 30.3 Å². The molecule has 1 saturated heterocycles. The lowest BCUT2D eigenvalue weighted by molar-refractivity contribution is -0.120. The molecule has 0 aliphatic carbocycles.